The molecule has 1 aromatic carbocycles. The Bertz CT molecular complexity index is 530. The predicted molar refractivity (Wildman–Crippen MR) is 85.6 cm³/mol. The van der Waals surface area contributed by atoms with Crippen LogP contribution < -0.4 is 0 Å². The summed E-state index contributed by atoms with van der Waals surface area (Å²) in [5.41, 5.74) is 0. The zero-order chi connectivity index (χ0) is 15.4. The summed E-state index contributed by atoms with van der Waals surface area (Å²) in [6.07, 6.45) is 0. The summed E-state index contributed by atoms with van der Waals surface area (Å²) in [5, 5.41) is 0.484. The maximum absolute atomic E-state index is 12.4. The molecule has 0 saturated carbocycles. The summed E-state index contributed by atoms with van der Waals surface area (Å²) in [4.78, 5) is 28.3. The number of halogens is 1. The minimum Gasteiger partial charge on any atom is -0.339 e. The Labute approximate surface area is 134 Å². The standard InChI is InChI=1S/C15H19ClN2O2S/c1-11(21-14-6-4-3-5-13(14)16)15(20)18-9-7-17(8-10-18)12(2)19/h3-6,11H,7-10H2,1-2H3. The van der Waals surface area contributed by atoms with Crippen LogP contribution in [0.15, 0.2) is 29.2 Å². The van der Waals surface area contributed by atoms with Crippen LogP contribution in [0.4, 0.5) is 0 Å². The Balaban J connectivity index is 1.92. The third-order valence-corrected chi connectivity index (χ3v) is 5.13. The van der Waals surface area contributed by atoms with Gasteiger partial charge in [0.15, 0.2) is 0 Å². The molecule has 1 fully saturated rings. The normalized spacial score (nSPS) is 16.7. The fraction of sp³-hybridized carbons (Fsp3) is 0.467. The van der Waals surface area contributed by atoms with Crippen molar-refractivity contribution in [2.24, 2.45) is 0 Å². The van der Waals surface area contributed by atoms with Crippen LogP contribution in [-0.2, 0) is 9.59 Å². The Kier molecular flexibility index (Phi) is 5.53. The molecule has 1 atom stereocenters. The molecule has 1 aliphatic heterocycles. The molecule has 0 aromatic heterocycles. The Morgan fingerprint density at radius 2 is 1.71 bits per heavy atom. The summed E-state index contributed by atoms with van der Waals surface area (Å²) >= 11 is 7.60. The molecule has 1 heterocycles. The van der Waals surface area contributed by atoms with Crippen molar-refractivity contribution in [3.63, 3.8) is 0 Å². The number of thioether (sulfide) groups is 1. The van der Waals surface area contributed by atoms with Gasteiger partial charge in [-0.25, -0.2) is 0 Å². The monoisotopic (exact) mass is 326 g/mol. The van der Waals surface area contributed by atoms with Gasteiger partial charge in [-0.05, 0) is 19.1 Å². The number of rotatable bonds is 3. The highest BCUT2D eigenvalue weighted by atomic mass is 35.5. The zero-order valence-corrected chi connectivity index (χ0v) is 13.8. The minimum absolute atomic E-state index is 0.0700. The van der Waals surface area contributed by atoms with Gasteiger partial charge in [0.2, 0.25) is 11.8 Å². The lowest BCUT2D eigenvalue weighted by molar-refractivity contribution is -0.137. The predicted octanol–water partition coefficient (Wildman–Crippen LogP) is 2.51. The second kappa shape index (κ2) is 7.18. The summed E-state index contributed by atoms with van der Waals surface area (Å²) < 4.78 is 0. The van der Waals surface area contributed by atoms with E-state index in [1.54, 1.807) is 11.8 Å². The Hall–Kier alpha value is -1.20. The summed E-state index contributed by atoms with van der Waals surface area (Å²) in [6.45, 7) is 5.90. The fourth-order valence-corrected chi connectivity index (χ4v) is 3.52. The first-order chi connectivity index (χ1) is 9.99. The third-order valence-electron chi connectivity index (χ3n) is 3.52. The number of benzene rings is 1. The Morgan fingerprint density at radius 3 is 2.29 bits per heavy atom. The molecule has 1 aliphatic rings. The van der Waals surface area contributed by atoms with E-state index in [9.17, 15) is 9.59 Å². The van der Waals surface area contributed by atoms with Gasteiger partial charge in [0.1, 0.15) is 0 Å². The van der Waals surface area contributed by atoms with E-state index in [0.717, 1.165) is 4.90 Å². The number of carbonyl (C=O) groups excluding carboxylic acids is 2. The van der Waals surface area contributed by atoms with Crippen LogP contribution in [-0.4, -0.2) is 53.0 Å². The maximum Gasteiger partial charge on any atom is 0.235 e. The highest BCUT2D eigenvalue weighted by Crippen LogP contribution is 2.30. The minimum atomic E-state index is -0.186. The molecule has 0 aliphatic carbocycles. The van der Waals surface area contributed by atoms with Crippen molar-refractivity contribution < 1.29 is 9.59 Å². The van der Waals surface area contributed by atoms with Crippen molar-refractivity contribution in [1.82, 2.24) is 9.80 Å². The quantitative estimate of drug-likeness (QED) is 0.801. The van der Waals surface area contributed by atoms with Gasteiger partial charge in [-0.15, -0.1) is 11.8 Å². The smallest absolute Gasteiger partial charge is 0.235 e. The van der Waals surface area contributed by atoms with Crippen molar-refractivity contribution in [3.05, 3.63) is 29.3 Å². The lowest BCUT2D eigenvalue weighted by Gasteiger charge is -2.35. The van der Waals surface area contributed by atoms with Crippen LogP contribution in [0, 0.1) is 0 Å². The molecule has 1 saturated heterocycles. The van der Waals surface area contributed by atoms with Gasteiger partial charge < -0.3 is 9.80 Å². The first-order valence-corrected chi connectivity index (χ1v) is 8.20. The highest BCUT2D eigenvalue weighted by molar-refractivity contribution is 8.00. The molecular formula is C15H19ClN2O2S. The Morgan fingerprint density at radius 1 is 1.14 bits per heavy atom. The van der Waals surface area contributed by atoms with Crippen molar-refractivity contribution in [3.8, 4) is 0 Å². The average Bonchev–Trinajstić information content (AvgIpc) is 2.49. The lowest BCUT2D eigenvalue weighted by Crippen LogP contribution is -2.51. The molecule has 0 radical (unpaired) electrons. The maximum atomic E-state index is 12.4. The van der Waals surface area contributed by atoms with Gasteiger partial charge in [-0.3, -0.25) is 9.59 Å². The van der Waals surface area contributed by atoms with Crippen LogP contribution in [0.1, 0.15) is 13.8 Å². The van der Waals surface area contributed by atoms with E-state index in [2.05, 4.69) is 0 Å². The first-order valence-electron chi connectivity index (χ1n) is 6.94. The van der Waals surface area contributed by atoms with Gasteiger partial charge in [0.05, 0.1) is 10.3 Å². The molecule has 21 heavy (non-hydrogen) atoms. The summed E-state index contributed by atoms with van der Waals surface area (Å²) in [6, 6.07) is 7.54. The van der Waals surface area contributed by atoms with Crippen LogP contribution in [0.25, 0.3) is 0 Å². The van der Waals surface area contributed by atoms with Crippen molar-refractivity contribution in [2.45, 2.75) is 24.0 Å². The van der Waals surface area contributed by atoms with Gasteiger partial charge in [0.25, 0.3) is 0 Å². The number of amides is 2. The van der Waals surface area contributed by atoms with Crippen LogP contribution in [0.2, 0.25) is 5.02 Å². The molecule has 114 valence electrons. The number of hydrogen-bond donors (Lipinski definition) is 0. The highest BCUT2D eigenvalue weighted by Gasteiger charge is 2.26. The molecule has 0 spiro atoms. The molecule has 4 nitrogen and oxygen atoms in total. The fourth-order valence-electron chi connectivity index (χ4n) is 2.28. The van der Waals surface area contributed by atoms with Crippen LogP contribution in [0.5, 0.6) is 0 Å². The van der Waals surface area contributed by atoms with Gasteiger partial charge in [0, 0.05) is 38.0 Å². The van der Waals surface area contributed by atoms with E-state index in [-0.39, 0.29) is 17.1 Å². The van der Waals surface area contributed by atoms with Crippen molar-refractivity contribution >= 4 is 35.2 Å². The first kappa shape index (κ1) is 16.2. The summed E-state index contributed by atoms with van der Waals surface area (Å²) in [7, 11) is 0. The van der Waals surface area contributed by atoms with E-state index >= 15 is 0 Å². The summed E-state index contributed by atoms with van der Waals surface area (Å²) in [5.74, 6) is 0.170. The van der Waals surface area contributed by atoms with Gasteiger partial charge >= 0.3 is 0 Å². The van der Waals surface area contributed by atoms with Crippen LogP contribution >= 0.6 is 23.4 Å². The average molecular weight is 327 g/mol. The second-order valence-corrected chi connectivity index (χ2v) is 6.81. The number of hydrogen-bond acceptors (Lipinski definition) is 3. The SMILES string of the molecule is CC(=O)N1CCN(C(=O)C(C)Sc2ccccc2Cl)CC1. The lowest BCUT2D eigenvalue weighted by atomic mass is 10.3. The number of nitrogens with zero attached hydrogens (tertiary/aromatic N) is 2. The molecule has 1 unspecified atom stereocenters. The second-order valence-electron chi connectivity index (χ2n) is 5.02. The molecular weight excluding hydrogens is 308 g/mol. The molecule has 1 aromatic rings. The van der Waals surface area contributed by atoms with Crippen molar-refractivity contribution in [1.29, 1.82) is 0 Å². The molecule has 6 heteroatoms. The topological polar surface area (TPSA) is 40.6 Å². The molecule has 2 rings (SSSR count). The largest absolute Gasteiger partial charge is 0.339 e. The van der Waals surface area contributed by atoms with E-state index < -0.39 is 0 Å². The van der Waals surface area contributed by atoms with E-state index in [4.69, 9.17) is 11.6 Å². The number of carbonyl (C=O) groups is 2. The van der Waals surface area contributed by atoms with Crippen molar-refractivity contribution in [2.75, 3.05) is 26.2 Å². The van der Waals surface area contributed by atoms with E-state index in [0.29, 0.717) is 31.2 Å². The zero-order valence-electron chi connectivity index (χ0n) is 12.2. The molecule has 0 N–H and O–H groups in total. The van der Waals surface area contributed by atoms with E-state index in [1.807, 2.05) is 36.1 Å². The molecule has 0 bridgehead atoms. The van der Waals surface area contributed by atoms with E-state index in [1.165, 1.54) is 11.8 Å². The van der Waals surface area contributed by atoms with Gasteiger partial charge in [-0.2, -0.15) is 0 Å². The third kappa shape index (κ3) is 4.14. The van der Waals surface area contributed by atoms with Crippen LogP contribution in [0.3, 0.4) is 0 Å². The molecule has 2 amide bonds. The number of piperazine rings is 1. The van der Waals surface area contributed by atoms with Gasteiger partial charge in [-0.1, -0.05) is 23.7 Å².